The Labute approximate surface area is 124 Å². The summed E-state index contributed by atoms with van der Waals surface area (Å²) in [7, 11) is 1.91. The Bertz CT molecular complexity index is 834. The average molecular weight is 274 g/mol. The van der Waals surface area contributed by atoms with Gasteiger partial charge in [0.15, 0.2) is 18.2 Å². The second-order valence-corrected chi connectivity index (χ2v) is 5.06. The van der Waals surface area contributed by atoms with Crippen LogP contribution in [0.25, 0.3) is 16.8 Å². The number of aryl methyl sites for hydroxylation is 1. The molecule has 0 aliphatic heterocycles. The molecular formula is C19H16NO+. The molecule has 3 aromatic rings. The van der Waals surface area contributed by atoms with Gasteiger partial charge in [-0.2, -0.15) is 0 Å². The first-order chi connectivity index (χ1) is 10.2. The molecule has 2 heteroatoms. The van der Waals surface area contributed by atoms with Gasteiger partial charge in [0.2, 0.25) is 0 Å². The Kier molecular flexibility index (Phi) is 3.61. The summed E-state index contributed by atoms with van der Waals surface area (Å²) in [6, 6.07) is 18.1. The third kappa shape index (κ3) is 3.06. The zero-order valence-electron chi connectivity index (χ0n) is 11.9. The normalized spacial score (nSPS) is 11.1. The van der Waals surface area contributed by atoms with Gasteiger partial charge in [-0.15, -0.1) is 0 Å². The van der Waals surface area contributed by atoms with Gasteiger partial charge in [0.25, 0.3) is 0 Å². The van der Waals surface area contributed by atoms with Crippen molar-refractivity contribution in [2.24, 2.45) is 7.05 Å². The number of carbonyl (C=O) groups is 1. The van der Waals surface area contributed by atoms with E-state index in [1.807, 2.05) is 60.4 Å². The minimum absolute atomic E-state index is 0.0133. The molecule has 0 amide bonds. The number of ketones is 1. The van der Waals surface area contributed by atoms with Gasteiger partial charge in [0.1, 0.15) is 7.05 Å². The number of pyridine rings is 1. The molecular weight excluding hydrogens is 258 g/mol. The second-order valence-electron chi connectivity index (χ2n) is 5.06. The zero-order valence-corrected chi connectivity index (χ0v) is 11.9. The van der Waals surface area contributed by atoms with E-state index in [2.05, 4.69) is 24.3 Å². The van der Waals surface area contributed by atoms with Crippen LogP contribution < -0.4 is 4.57 Å². The first-order valence-electron chi connectivity index (χ1n) is 6.89. The molecule has 2 aromatic carbocycles. The largest absolute Gasteiger partial charge is 0.289 e. The van der Waals surface area contributed by atoms with Crippen LogP contribution in [0.15, 0.2) is 73.1 Å². The van der Waals surface area contributed by atoms with Crippen LogP contribution in [0.4, 0.5) is 0 Å². The van der Waals surface area contributed by atoms with Crippen LogP contribution in [-0.4, -0.2) is 5.78 Å². The van der Waals surface area contributed by atoms with E-state index in [0.29, 0.717) is 5.56 Å². The van der Waals surface area contributed by atoms with Crippen LogP contribution >= 0.6 is 0 Å². The summed E-state index contributed by atoms with van der Waals surface area (Å²) in [5, 5.41) is 2.38. The number of aromatic nitrogens is 1. The van der Waals surface area contributed by atoms with E-state index >= 15 is 0 Å². The minimum atomic E-state index is 0.0133. The van der Waals surface area contributed by atoms with Crippen molar-refractivity contribution in [2.75, 3.05) is 0 Å². The van der Waals surface area contributed by atoms with E-state index in [1.54, 1.807) is 6.08 Å². The Morgan fingerprint density at radius 3 is 2.62 bits per heavy atom. The zero-order chi connectivity index (χ0) is 14.7. The highest BCUT2D eigenvalue weighted by Crippen LogP contribution is 2.16. The molecule has 0 radical (unpaired) electrons. The topological polar surface area (TPSA) is 20.9 Å². The molecule has 0 atom stereocenters. The van der Waals surface area contributed by atoms with E-state index in [1.165, 1.54) is 10.8 Å². The van der Waals surface area contributed by atoms with Crippen molar-refractivity contribution in [3.63, 3.8) is 0 Å². The van der Waals surface area contributed by atoms with E-state index < -0.39 is 0 Å². The highest BCUT2D eigenvalue weighted by atomic mass is 16.1. The predicted octanol–water partition coefficient (Wildman–Crippen LogP) is 3.56. The molecule has 0 bridgehead atoms. The smallest absolute Gasteiger partial charge is 0.191 e. The van der Waals surface area contributed by atoms with Crippen molar-refractivity contribution in [1.82, 2.24) is 0 Å². The molecule has 0 N–H and O–H groups in total. The second kappa shape index (κ2) is 5.71. The molecule has 21 heavy (non-hydrogen) atoms. The van der Waals surface area contributed by atoms with Crippen LogP contribution in [0.5, 0.6) is 0 Å². The van der Waals surface area contributed by atoms with Crippen molar-refractivity contribution in [3.05, 3.63) is 84.2 Å². The third-order valence-electron chi connectivity index (χ3n) is 3.42. The Hall–Kier alpha value is -2.74. The van der Waals surface area contributed by atoms with Gasteiger partial charge in [-0.1, -0.05) is 42.5 Å². The number of rotatable bonds is 3. The van der Waals surface area contributed by atoms with Crippen LogP contribution in [0.1, 0.15) is 15.9 Å². The van der Waals surface area contributed by atoms with E-state index in [4.69, 9.17) is 0 Å². The van der Waals surface area contributed by atoms with Crippen LogP contribution in [0.2, 0.25) is 0 Å². The molecule has 1 heterocycles. The monoisotopic (exact) mass is 274 g/mol. The summed E-state index contributed by atoms with van der Waals surface area (Å²) in [5.41, 5.74) is 1.72. The lowest BCUT2D eigenvalue weighted by molar-refractivity contribution is -0.671. The maximum Gasteiger partial charge on any atom is 0.191 e. The van der Waals surface area contributed by atoms with Gasteiger partial charge in [-0.05, 0) is 34.5 Å². The molecule has 0 saturated heterocycles. The van der Waals surface area contributed by atoms with Crippen molar-refractivity contribution in [3.8, 4) is 0 Å². The summed E-state index contributed by atoms with van der Waals surface area (Å²) in [6.45, 7) is 0. The summed E-state index contributed by atoms with van der Waals surface area (Å²) in [5.74, 6) is 0.0133. The summed E-state index contributed by atoms with van der Waals surface area (Å²) in [6.07, 6.45) is 7.22. The van der Waals surface area contributed by atoms with Gasteiger partial charge in [-0.25, -0.2) is 4.57 Å². The standard InChI is InChI=1S/C19H16NO/c1-20-12-4-7-18(14-20)19(21)11-9-15-8-10-16-5-2-3-6-17(16)13-15/h2-14H,1H3/q+1/b11-9+. The minimum Gasteiger partial charge on any atom is -0.289 e. The quantitative estimate of drug-likeness (QED) is 0.406. The Morgan fingerprint density at radius 2 is 1.81 bits per heavy atom. The van der Waals surface area contributed by atoms with Crippen LogP contribution in [0.3, 0.4) is 0 Å². The molecule has 2 nitrogen and oxygen atoms in total. The van der Waals surface area contributed by atoms with E-state index in [-0.39, 0.29) is 5.78 Å². The maximum absolute atomic E-state index is 12.1. The first-order valence-corrected chi connectivity index (χ1v) is 6.89. The van der Waals surface area contributed by atoms with E-state index in [9.17, 15) is 4.79 Å². The van der Waals surface area contributed by atoms with Gasteiger partial charge in [0, 0.05) is 6.07 Å². The molecule has 3 rings (SSSR count). The maximum atomic E-state index is 12.1. The van der Waals surface area contributed by atoms with E-state index in [0.717, 1.165) is 5.56 Å². The van der Waals surface area contributed by atoms with Gasteiger partial charge in [-0.3, -0.25) is 4.79 Å². The number of hydrogen-bond donors (Lipinski definition) is 0. The van der Waals surface area contributed by atoms with Crippen LogP contribution in [0, 0.1) is 0 Å². The lowest BCUT2D eigenvalue weighted by atomic mass is 10.1. The summed E-state index contributed by atoms with van der Waals surface area (Å²) < 4.78 is 1.87. The van der Waals surface area contributed by atoms with Gasteiger partial charge < -0.3 is 0 Å². The fourth-order valence-corrected chi connectivity index (χ4v) is 2.31. The molecule has 0 spiro atoms. The molecule has 0 aliphatic carbocycles. The molecule has 102 valence electrons. The molecule has 0 saturated carbocycles. The summed E-state index contributed by atoms with van der Waals surface area (Å²) >= 11 is 0. The van der Waals surface area contributed by atoms with Crippen LogP contribution in [-0.2, 0) is 7.05 Å². The number of hydrogen-bond acceptors (Lipinski definition) is 1. The molecule has 0 aliphatic rings. The fourth-order valence-electron chi connectivity index (χ4n) is 2.31. The number of nitrogens with zero attached hydrogens (tertiary/aromatic N) is 1. The average Bonchev–Trinajstić information content (AvgIpc) is 2.52. The predicted molar refractivity (Wildman–Crippen MR) is 84.9 cm³/mol. The number of benzene rings is 2. The Balaban J connectivity index is 1.85. The number of fused-ring (bicyclic) bond motifs is 1. The highest BCUT2D eigenvalue weighted by Gasteiger charge is 2.05. The lowest BCUT2D eigenvalue weighted by Gasteiger charge is -1.99. The Morgan fingerprint density at radius 1 is 1.00 bits per heavy atom. The van der Waals surface area contributed by atoms with Gasteiger partial charge >= 0.3 is 0 Å². The van der Waals surface area contributed by atoms with Crippen molar-refractivity contribution in [2.45, 2.75) is 0 Å². The molecule has 0 unspecified atom stereocenters. The van der Waals surface area contributed by atoms with Crippen molar-refractivity contribution >= 4 is 22.6 Å². The molecule has 0 fully saturated rings. The molecule has 1 aromatic heterocycles. The first kappa shape index (κ1) is 13.3. The fraction of sp³-hybridized carbons (Fsp3) is 0.0526. The number of carbonyl (C=O) groups excluding carboxylic acids is 1. The SMILES string of the molecule is C[n+]1cccc(C(=O)/C=C/c2ccc3ccccc3c2)c1. The van der Waals surface area contributed by atoms with Crippen molar-refractivity contribution < 1.29 is 9.36 Å². The van der Waals surface area contributed by atoms with Gasteiger partial charge in [0.05, 0.1) is 5.56 Å². The lowest BCUT2D eigenvalue weighted by Crippen LogP contribution is -2.27. The highest BCUT2D eigenvalue weighted by molar-refractivity contribution is 6.06. The van der Waals surface area contributed by atoms with Crippen molar-refractivity contribution in [1.29, 1.82) is 0 Å². The third-order valence-corrected chi connectivity index (χ3v) is 3.42. The number of allylic oxidation sites excluding steroid dienone is 1. The summed E-state index contributed by atoms with van der Waals surface area (Å²) in [4.78, 5) is 12.1.